The summed E-state index contributed by atoms with van der Waals surface area (Å²) in [5.41, 5.74) is 2.43. The van der Waals surface area contributed by atoms with E-state index in [0.29, 0.717) is 26.2 Å². The van der Waals surface area contributed by atoms with Gasteiger partial charge < -0.3 is 4.42 Å². The Morgan fingerprint density at radius 1 is 1.14 bits per heavy atom. The Morgan fingerprint density at radius 2 is 1.77 bits per heavy atom. The summed E-state index contributed by atoms with van der Waals surface area (Å²) in [5.74, 6) is 0.229. The maximum Gasteiger partial charge on any atom is 0.136 e. The molecule has 2 nitrogen and oxygen atoms in total. The lowest BCUT2D eigenvalue weighted by Gasteiger charge is -2.06. The molecule has 1 aromatic heterocycles. The van der Waals surface area contributed by atoms with Crippen molar-refractivity contribution in [2.75, 3.05) is 0 Å². The van der Waals surface area contributed by atoms with Gasteiger partial charge in [0.25, 0.3) is 0 Å². The van der Waals surface area contributed by atoms with Crippen LogP contribution in [0.4, 0.5) is 4.39 Å². The van der Waals surface area contributed by atoms with E-state index in [0.717, 1.165) is 16.5 Å². The fraction of sp³-hybridized carbons (Fsp3) is 0.176. The van der Waals surface area contributed by atoms with Crippen LogP contribution in [0.2, 0.25) is 5.02 Å². The van der Waals surface area contributed by atoms with Gasteiger partial charge in [-0.15, -0.1) is 0 Å². The molecule has 0 saturated heterocycles. The lowest BCUT2D eigenvalue weighted by atomic mass is 10.1. The second kappa shape index (κ2) is 5.52. The molecule has 3 aromatic rings. The molecule has 5 heteroatoms. The molecule has 0 saturated carbocycles. The van der Waals surface area contributed by atoms with Crippen LogP contribution in [0.3, 0.4) is 0 Å². The van der Waals surface area contributed by atoms with Crippen molar-refractivity contribution in [2.24, 2.45) is 0 Å². The number of rotatable bonds is 2. The predicted octanol–water partition coefficient (Wildman–Crippen LogP) is 5.32. The molecule has 0 aliphatic carbocycles. The minimum Gasteiger partial charge on any atom is -0.460 e. The standard InChI is InChI=1S/C17H14ClFO2S/c1-9-8-14-15(10(2)16(9)18)17(11(3)21-14)22(20)13-6-4-12(19)5-7-13/h4-8H,1-3H3/t22-/m1/s1. The van der Waals surface area contributed by atoms with Gasteiger partial charge in [-0.05, 0) is 62.2 Å². The number of halogens is 2. The number of hydrogen-bond donors (Lipinski definition) is 0. The molecule has 0 N–H and O–H groups in total. The highest BCUT2D eigenvalue weighted by atomic mass is 35.5. The lowest BCUT2D eigenvalue weighted by Crippen LogP contribution is -1.95. The van der Waals surface area contributed by atoms with Crippen molar-refractivity contribution in [1.82, 2.24) is 0 Å². The molecule has 0 amide bonds. The molecular weight excluding hydrogens is 323 g/mol. The first kappa shape index (κ1) is 15.3. The van der Waals surface area contributed by atoms with E-state index in [-0.39, 0.29) is 5.82 Å². The minimum atomic E-state index is -1.45. The molecule has 1 atom stereocenters. The van der Waals surface area contributed by atoms with Crippen molar-refractivity contribution in [2.45, 2.75) is 30.6 Å². The van der Waals surface area contributed by atoms with Crippen LogP contribution in [0.1, 0.15) is 16.9 Å². The van der Waals surface area contributed by atoms with Crippen LogP contribution in [-0.2, 0) is 10.8 Å². The molecule has 0 spiro atoms. The molecule has 0 unspecified atom stereocenters. The van der Waals surface area contributed by atoms with Gasteiger partial charge in [-0.25, -0.2) is 8.60 Å². The van der Waals surface area contributed by atoms with E-state index >= 15 is 0 Å². The molecule has 3 rings (SSSR count). The topological polar surface area (TPSA) is 30.2 Å². The fourth-order valence-corrected chi connectivity index (χ4v) is 4.08. The van der Waals surface area contributed by atoms with Crippen LogP contribution >= 0.6 is 11.6 Å². The summed E-state index contributed by atoms with van der Waals surface area (Å²) in [6, 6.07) is 7.50. The average Bonchev–Trinajstić information content (AvgIpc) is 2.81. The van der Waals surface area contributed by atoms with Crippen molar-refractivity contribution in [3.05, 3.63) is 58.1 Å². The third-order valence-electron chi connectivity index (χ3n) is 3.67. The normalized spacial score (nSPS) is 12.8. The lowest BCUT2D eigenvalue weighted by molar-refractivity contribution is 0.566. The van der Waals surface area contributed by atoms with Gasteiger partial charge in [-0.2, -0.15) is 0 Å². The Bertz CT molecular complexity index is 897. The first-order chi connectivity index (χ1) is 10.4. The summed E-state index contributed by atoms with van der Waals surface area (Å²) in [6.45, 7) is 5.57. The largest absolute Gasteiger partial charge is 0.460 e. The maximum atomic E-state index is 13.1. The van der Waals surface area contributed by atoms with Gasteiger partial charge in [0.05, 0.1) is 15.7 Å². The van der Waals surface area contributed by atoms with Crippen LogP contribution in [0.5, 0.6) is 0 Å². The van der Waals surface area contributed by atoms with Crippen LogP contribution in [0.25, 0.3) is 11.0 Å². The molecule has 0 aliphatic heterocycles. The number of benzene rings is 2. The summed E-state index contributed by atoms with van der Waals surface area (Å²) in [6.07, 6.45) is 0. The summed E-state index contributed by atoms with van der Waals surface area (Å²) in [5, 5.41) is 1.42. The smallest absolute Gasteiger partial charge is 0.136 e. The Kier molecular flexibility index (Phi) is 3.83. The van der Waals surface area contributed by atoms with Gasteiger partial charge in [-0.3, -0.25) is 0 Å². The second-order valence-corrected chi connectivity index (χ2v) is 7.01. The Labute approximate surface area is 135 Å². The first-order valence-electron chi connectivity index (χ1n) is 6.76. The Hall–Kier alpha value is -1.65. The third-order valence-corrected chi connectivity index (χ3v) is 5.81. The van der Waals surface area contributed by atoms with E-state index in [4.69, 9.17) is 16.0 Å². The van der Waals surface area contributed by atoms with Gasteiger partial charge in [0.15, 0.2) is 0 Å². The molecule has 114 valence electrons. The van der Waals surface area contributed by atoms with E-state index in [1.807, 2.05) is 19.9 Å². The van der Waals surface area contributed by atoms with E-state index < -0.39 is 10.8 Å². The number of furan rings is 1. The van der Waals surface area contributed by atoms with E-state index in [9.17, 15) is 8.60 Å². The van der Waals surface area contributed by atoms with E-state index in [1.54, 1.807) is 6.92 Å². The average molecular weight is 337 g/mol. The van der Waals surface area contributed by atoms with Crippen molar-refractivity contribution < 1.29 is 13.0 Å². The molecule has 1 heterocycles. The first-order valence-corrected chi connectivity index (χ1v) is 8.29. The second-order valence-electron chi connectivity index (χ2n) is 5.22. The van der Waals surface area contributed by atoms with Gasteiger partial charge in [0.2, 0.25) is 0 Å². The number of aryl methyl sites for hydroxylation is 3. The summed E-state index contributed by atoms with van der Waals surface area (Å²) in [4.78, 5) is 1.13. The van der Waals surface area contributed by atoms with Gasteiger partial charge in [0.1, 0.15) is 17.2 Å². The SMILES string of the molecule is Cc1cc2oc(C)c([S@](=O)c3ccc(F)cc3)c2c(C)c1Cl. The van der Waals surface area contributed by atoms with Crippen LogP contribution in [0, 0.1) is 26.6 Å². The van der Waals surface area contributed by atoms with E-state index in [1.165, 1.54) is 24.3 Å². The van der Waals surface area contributed by atoms with E-state index in [2.05, 4.69) is 0 Å². The van der Waals surface area contributed by atoms with Crippen LogP contribution in [-0.4, -0.2) is 4.21 Å². The van der Waals surface area contributed by atoms with Gasteiger partial charge >= 0.3 is 0 Å². The molecule has 0 aliphatic rings. The Morgan fingerprint density at radius 3 is 2.41 bits per heavy atom. The zero-order valence-corrected chi connectivity index (χ0v) is 13.9. The third kappa shape index (κ3) is 2.36. The number of hydrogen-bond acceptors (Lipinski definition) is 2. The van der Waals surface area contributed by atoms with Gasteiger partial charge in [0, 0.05) is 15.3 Å². The highest BCUT2D eigenvalue weighted by Gasteiger charge is 2.22. The molecular formula is C17H14ClFO2S. The maximum absolute atomic E-state index is 13.1. The van der Waals surface area contributed by atoms with Crippen molar-refractivity contribution in [3.8, 4) is 0 Å². The summed E-state index contributed by atoms with van der Waals surface area (Å²) in [7, 11) is -1.45. The highest BCUT2D eigenvalue weighted by Crippen LogP contribution is 2.37. The zero-order valence-electron chi connectivity index (χ0n) is 12.4. The van der Waals surface area contributed by atoms with Crippen LogP contribution in [0.15, 0.2) is 44.5 Å². The van der Waals surface area contributed by atoms with Gasteiger partial charge in [-0.1, -0.05) is 11.6 Å². The summed E-state index contributed by atoms with van der Waals surface area (Å²) >= 11 is 6.32. The summed E-state index contributed by atoms with van der Waals surface area (Å²) < 4.78 is 31.7. The monoisotopic (exact) mass is 336 g/mol. The molecule has 2 aromatic carbocycles. The van der Waals surface area contributed by atoms with Crippen molar-refractivity contribution >= 4 is 33.4 Å². The van der Waals surface area contributed by atoms with Crippen molar-refractivity contribution in [1.29, 1.82) is 0 Å². The minimum absolute atomic E-state index is 0.357. The quantitative estimate of drug-likeness (QED) is 0.634. The molecule has 0 radical (unpaired) electrons. The van der Waals surface area contributed by atoms with Crippen LogP contribution < -0.4 is 0 Å². The zero-order chi connectivity index (χ0) is 16.0. The molecule has 0 fully saturated rings. The predicted molar refractivity (Wildman–Crippen MR) is 86.5 cm³/mol. The highest BCUT2D eigenvalue weighted by molar-refractivity contribution is 7.85. The Balaban J connectivity index is 2.26. The number of fused-ring (bicyclic) bond motifs is 1. The molecule has 0 bridgehead atoms. The van der Waals surface area contributed by atoms with Crippen molar-refractivity contribution in [3.63, 3.8) is 0 Å². The fourth-order valence-electron chi connectivity index (χ4n) is 2.57. The molecule has 22 heavy (non-hydrogen) atoms.